The number of aromatic nitrogens is 2. The summed E-state index contributed by atoms with van der Waals surface area (Å²) in [5.41, 5.74) is 12.7. The second-order valence-electron chi connectivity index (χ2n) is 4.76. The molecule has 1 aromatic carbocycles. The molecule has 2 aromatic heterocycles. The van der Waals surface area contributed by atoms with Gasteiger partial charge in [0.2, 0.25) is 0 Å². The van der Waals surface area contributed by atoms with Gasteiger partial charge in [-0.3, -0.25) is 0 Å². The average molecular weight is 239 g/mol. The molecule has 0 unspecified atom stereocenters. The Morgan fingerprint density at radius 3 is 2.50 bits per heavy atom. The van der Waals surface area contributed by atoms with Crippen molar-refractivity contribution in [1.82, 2.24) is 9.97 Å². The van der Waals surface area contributed by atoms with E-state index in [9.17, 15) is 0 Å². The number of fused-ring (bicyclic) bond motifs is 1. The third-order valence-corrected chi connectivity index (χ3v) is 3.50. The quantitative estimate of drug-likeness (QED) is 0.631. The molecule has 0 radical (unpaired) electrons. The van der Waals surface area contributed by atoms with Gasteiger partial charge in [-0.1, -0.05) is 18.2 Å². The van der Waals surface area contributed by atoms with E-state index in [1.807, 2.05) is 0 Å². The standard InChI is InChI=1S/C15H17N3/c1-9-4-3-5-11-6-14(18-15(9)11)13-7-12(8-16)10(2)17-13/h3-7,17-18H,8,16H2,1-2H3. The van der Waals surface area contributed by atoms with Crippen LogP contribution in [-0.4, -0.2) is 9.97 Å². The van der Waals surface area contributed by atoms with Crippen LogP contribution in [0.1, 0.15) is 16.8 Å². The van der Waals surface area contributed by atoms with Crippen LogP contribution in [0.5, 0.6) is 0 Å². The monoisotopic (exact) mass is 239 g/mol. The molecule has 2 heterocycles. The van der Waals surface area contributed by atoms with Crippen LogP contribution in [0, 0.1) is 13.8 Å². The first-order valence-corrected chi connectivity index (χ1v) is 6.16. The van der Waals surface area contributed by atoms with Crippen LogP contribution < -0.4 is 5.73 Å². The fraction of sp³-hybridized carbons (Fsp3) is 0.200. The van der Waals surface area contributed by atoms with E-state index in [0.717, 1.165) is 17.1 Å². The Morgan fingerprint density at radius 2 is 1.83 bits per heavy atom. The molecule has 0 spiro atoms. The molecule has 0 fully saturated rings. The van der Waals surface area contributed by atoms with Crippen molar-refractivity contribution in [2.45, 2.75) is 20.4 Å². The summed E-state index contributed by atoms with van der Waals surface area (Å²) < 4.78 is 0. The van der Waals surface area contributed by atoms with Gasteiger partial charge in [-0.2, -0.15) is 0 Å². The molecule has 92 valence electrons. The normalized spacial score (nSPS) is 11.3. The highest BCUT2D eigenvalue weighted by Gasteiger charge is 2.08. The summed E-state index contributed by atoms with van der Waals surface area (Å²) in [7, 11) is 0. The van der Waals surface area contributed by atoms with Crippen molar-refractivity contribution in [3.8, 4) is 11.4 Å². The number of nitrogens with one attached hydrogen (secondary N) is 2. The molecule has 0 saturated heterocycles. The van der Waals surface area contributed by atoms with Crippen molar-refractivity contribution in [3.05, 3.63) is 47.2 Å². The zero-order chi connectivity index (χ0) is 12.7. The number of nitrogens with two attached hydrogens (primary N) is 1. The minimum atomic E-state index is 0.571. The van der Waals surface area contributed by atoms with Crippen LogP contribution >= 0.6 is 0 Å². The van der Waals surface area contributed by atoms with Crippen LogP contribution in [0.25, 0.3) is 22.3 Å². The van der Waals surface area contributed by atoms with Gasteiger partial charge in [0.05, 0.1) is 11.4 Å². The van der Waals surface area contributed by atoms with E-state index < -0.39 is 0 Å². The molecule has 0 bridgehead atoms. The number of aryl methyl sites for hydroxylation is 2. The summed E-state index contributed by atoms with van der Waals surface area (Å²) in [4.78, 5) is 6.85. The molecule has 4 N–H and O–H groups in total. The molecule has 0 aliphatic heterocycles. The molecular formula is C15H17N3. The van der Waals surface area contributed by atoms with Gasteiger partial charge in [-0.25, -0.2) is 0 Å². The SMILES string of the molecule is Cc1[nH]c(-c2cc3cccc(C)c3[nH]2)cc1CN. The summed E-state index contributed by atoms with van der Waals surface area (Å²) in [5, 5.41) is 1.24. The molecule has 0 aliphatic carbocycles. The van der Waals surface area contributed by atoms with Crippen LogP contribution in [-0.2, 0) is 6.54 Å². The third-order valence-electron chi connectivity index (χ3n) is 3.50. The molecular weight excluding hydrogens is 222 g/mol. The van der Waals surface area contributed by atoms with Crippen LogP contribution in [0.2, 0.25) is 0 Å². The highest BCUT2D eigenvalue weighted by atomic mass is 14.8. The topological polar surface area (TPSA) is 57.6 Å². The minimum Gasteiger partial charge on any atom is -0.357 e. The average Bonchev–Trinajstić information content (AvgIpc) is 2.93. The van der Waals surface area contributed by atoms with Crippen molar-refractivity contribution in [3.63, 3.8) is 0 Å². The highest BCUT2D eigenvalue weighted by molar-refractivity contribution is 5.87. The lowest BCUT2D eigenvalue weighted by atomic mass is 10.2. The second-order valence-corrected chi connectivity index (χ2v) is 4.76. The Balaban J connectivity index is 2.16. The predicted octanol–water partition coefficient (Wildman–Crippen LogP) is 3.24. The van der Waals surface area contributed by atoms with Crippen molar-refractivity contribution in [1.29, 1.82) is 0 Å². The van der Waals surface area contributed by atoms with E-state index in [2.05, 4.69) is 54.1 Å². The van der Waals surface area contributed by atoms with Gasteiger partial charge in [-0.15, -0.1) is 0 Å². The first-order valence-electron chi connectivity index (χ1n) is 6.16. The maximum absolute atomic E-state index is 5.71. The summed E-state index contributed by atoms with van der Waals surface area (Å²) >= 11 is 0. The zero-order valence-electron chi connectivity index (χ0n) is 10.7. The van der Waals surface area contributed by atoms with Crippen molar-refractivity contribution < 1.29 is 0 Å². The Kier molecular flexibility index (Phi) is 2.49. The lowest BCUT2D eigenvalue weighted by Gasteiger charge is -1.94. The van der Waals surface area contributed by atoms with Gasteiger partial charge in [0.25, 0.3) is 0 Å². The van der Waals surface area contributed by atoms with E-state index in [-0.39, 0.29) is 0 Å². The van der Waals surface area contributed by atoms with Gasteiger partial charge < -0.3 is 15.7 Å². The van der Waals surface area contributed by atoms with Crippen molar-refractivity contribution in [2.75, 3.05) is 0 Å². The van der Waals surface area contributed by atoms with E-state index >= 15 is 0 Å². The highest BCUT2D eigenvalue weighted by Crippen LogP contribution is 2.26. The van der Waals surface area contributed by atoms with E-state index in [1.54, 1.807) is 0 Å². The smallest absolute Gasteiger partial charge is 0.0630 e. The van der Waals surface area contributed by atoms with Gasteiger partial charge in [0.1, 0.15) is 0 Å². The lowest BCUT2D eigenvalue weighted by Crippen LogP contribution is -1.95. The molecule has 3 rings (SSSR count). The summed E-state index contributed by atoms with van der Waals surface area (Å²) in [6, 6.07) is 10.6. The second kappa shape index (κ2) is 4.03. The zero-order valence-corrected chi connectivity index (χ0v) is 10.7. The van der Waals surface area contributed by atoms with Gasteiger partial charge >= 0.3 is 0 Å². The molecule has 18 heavy (non-hydrogen) atoms. The van der Waals surface area contributed by atoms with Crippen LogP contribution in [0.15, 0.2) is 30.3 Å². The van der Waals surface area contributed by atoms with E-state index in [1.165, 1.54) is 22.0 Å². The number of para-hydroxylation sites is 1. The summed E-state index contributed by atoms with van der Waals surface area (Å²) in [5.74, 6) is 0. The first-order chi connectivity index (χ1) is 8.69. The van der Waals surface area contributed by atoms with Crippen molar-refractivity contribution in [2.24, 2.45) is 5.73 Å². The predicted molar refractivity (Wildman–Crippen MR) is 75.5 cm³/mol. The van der Waals surface area contributed by atoms with Crippen LogP contribution in [0.4, 0.5) is 0 Å². The molecule has 0 atom stereocenters. The first kappa shape index (κ1) is 11.1. The number of hydrogen-bond donors (Lipinski definition) is 3. The molecule has 3 nitrogen and oxygen atoms in total. The molecule has 0 saturated carbocycles. The van der Waals surface area contributed by atoms with Crippen molar-refractivity contribution >= 4 is 10.9 Å². The molecule has 0 aliphatic rings. The summed E-state index contributed by atoms with van der Waals surface area (Å²) in [6.07, 6.45) is 0. The van der Waals surface area contributed by atoms with Gasteiger partial charge in [-0.05, 0) is 37.1 Å². The van der Waals surface area contributed by atoms with Crippen LogP contribution in [0.3, 0.4) is 0 Å². The van der Waals surface area contributed by atoms with E-state index in [0.29, 0.717) is 6.54 Å². The number of H-pyrrole nitrogens is 2. The number of aromatic amines is 2. The maximum atomic E-state index is 5.71. The fourth-order valence-electron chi connectivity index (χ4n) is 2.41. The lowest BCUT2D eigenvalue weighted by molar-refractivity contribution is 1.04. The Hall–Kier alpha value is -2.00. The van der Waals surface area contributed by atoms with Gasteiger partial charge in [0.15, 0.2) is 0 Å². The molecule has 3 heteroatoms. The minimum absolute atomic E-state index is 0.571. The maximum Gasteiger partial charge on any atom is 0.0630 e. The summed E-state index contributed by atoms with van der Waals surface area (Å²) in [6.45, 7) is 4.75. The van der Waals surface area contributed by atoms with Gasteiger partial charge in [0, 0.05) is 23.1 Å². The van der Waals surface area contributed by atoms with E-state index in [4.69, 9.17) is 5.73 Å². The number of benzene rings is 1. The Morgan fingerprint density at radius 1 is 1.06 bits per heavy atom. The number of hydrogen-bond acceptors (Lipinski definition) is 1. The number of rotatable bonds is 2. The fourth-order valence-corrected chi connectivity index (χ4v) is 2.41. The molecule has 0 amide bonds. The largest absolute Gasteiger partial charge is 0.357 e. The Bertz CT molecular complexity index is 704. The third kappa shape index (κ3) is 1.64. The Labute approximate surface area is 106 Å². The molecule has 3 aromatic rings.